The Balaban J connectivity index is 2.06. The SMILES string of the molecule is CCOC(=O)C1C(=O)C=C(c2ccccc2)CC1c1ccccc1OCC. The molecule has 0 spiro atoms. The number of ether oxygens (including phenoxy) is 2. The summed E-state index contributed by atoms with van der Waals surface area (Å²) in [5.41, 5.74) is 2.79. The predicted octanol–water partition coefficient (Wildman–Crippen LogP) is 4.40. The molecule has 1 aliphatic rings. The Morgan fingerprint density at radius 2 is 1.70 bits per heavy atom. The van der Waals surface area contributed by atoms with Gasteiger partial charge in [0, 0.05) is 5.92 Å². The highest BCUT2D eigenvalue weighted by Crippen LogP contribution is 2.43. The van der Waals surface area contributed by atoms with E-state index in [2.05, 4.69) is 0 Å². The molecule has 2 aromatic rings. The third kappa shape index (κ3) is 4.11. The lowest BCUT2D eigenvalue weighted by Crippen LogP contribution is -2.34. The van der Waals surface area contributed by atoms with Gasteiger partial charge in [0.2, 0.25) is 0 Å². The monoisotopic (exact) mass is 364 g/mol. The molecule has 2 atom stereocenters. The molecule has 140 valence electrons. The summed E-state index contributed by atoms with van der Waals surface area (Å²) in [6.45, 7) is 4.43. The van der Waals surface area contributed by atoms with Gasteiger partial charge in [-0.05, 0) is 49.1 Å². The van der Waals surface area contributed by atoms with Crippen LogP contribution in [0.1, 0.15) is 37.3 Å². The average Bonchev–Trinajstić information content (AvgIpc) is 2.69. The zero-order valence-corrected chi connectivity index (χ0v) is 15.7. The van der Waals surface area contributed by atoms with Crippen molar-refractivity contribution in [2.24, 2.45) is 5.92 Å². The number of carbonyl (C=O) groups excluding carboxylic acids is 2. The lowest BCUT2D eigenvalue weighted by Gasteiger charge is -2.30. The molecule has 4 nitrogen and oxygen atoms in total. The van der Waals surface area contributed by atoms with Gasteiger partial charge >= 0.3 is 5.97 Å². The Kier molecular flexibility index (Phi) is 6.07. The number of hydrogen-bond donors (Lipinski definition) is 0. The molecule has 0 radical (unpaired) electrons. The van der Waals surface area contributed by atoms with Gasteiger partial charge in [-0.3, -0.25) is 9.59 Å². The second kappa shape index (κ2) is 8.67. The van der Waals surface area contributed by atoms with Crippen molar-refractivity contribution in [3.8, 4) is 5.75 Å². The zero-order valence-electron chi connectivity index (χ0n) is 15.7. The molecule has 2 unspecified atom stereocenters. The van der Waals surface area contributed by atoms with Gasteiger partial charge in [0.15, 0.2) is 5.78 Å². The van der Waals surface area contributed by atoms with Crippen molar-refractivity contribution in [1.82, 2.24) is 0 Å². The number of carbonyl (C=O) groups is 2. The quantitative estimate of drug-likeness (QED) is 0.563. The zero-order chi connectivity index (χ0) is 19.2. The highest BCUT2D eigenvalue weighted by Gasteiger charge is 2.40. The fourth-order valence-corrected chi connectivity index (χ4v) is 3.60. The minimum absolute atomic E-state index is 0.213. The lowest BCUT2D eigenvalue weighted by atomic mass is 9.73. The van der Waals surface area contributed by atoms with Crippen LogP contribution in [0.5, 0.6) is 5.75 Å². The lowest BCUT2D eigenvalue weighted by molar-refractivity contribution is -0.151. The molecule has 0 N–H and O–H groups in total. The van der Waals surface area contributed by atoms with E-state index < -0.39 is 11.9 Å². The molecule has 2 aromatic carbocycles. The van der Waals surface area contributed by atoms with E-state index >= 15 is 0 Å². The maximum Gasteiger partial charge on any atom is 0.317 e. The number of allylic oxidation sites excluding steroid dienone is 2. The highest BCUT2D eigenvalue weighted by atomic mass is 16.5. The summed E-state index contributed by atoms with van der Waals surface area (Å²) in [6, 6.07) is 17.4. The van der Waals surface area contributed by atoms with Crippen LogP contribution >= 0.6 is 0 Å². The molecule has 0 amide bonds. The molecule has 0 heterocycles. The second-order valence-corrected chi connectivity index (χ2v) is 6.45. The number of benzene rings is 2. The summed E-state index contributed by atoms with van der Waals surface area (Å²) in [6.07, 6.45) is 2.17. The van der Waals surface area contributed by atoms with Crippen molar-refractivity contribution in [2.45, 2.75) is 26.2 Å². The van der Waals surface area contributed by atoms with Crippen LogP contribution in [0.25, 0.3) is 5.57 Å². The van der Waals surface area contributed by atoms with E-state index in [-0.39, 0.29) is 18.3 Å². The maximum atomic E-state index is 12.9. The van der Waals surface area contributed by atoms with E-state index in [1.165, 1.54) is 0 Å². The van der Waals surface area contributed by atoms with Gasteiger partial charge in [0.05, 0.1) is 13.2 Å². The van der Waals surface area contributed by atoms with E-state index in [1.807, 2.05) is 61.5 Å². The van der Waals surface area contributed by atoms with Crippen LogP contribution in [-0.4, -0.2) is 25.0 Å². The van der Waals surface area contributed by atoms with E-state index in [4.69, 9.17) is 9.47 Å². The highest BCUT2D eigenvalue weighted by molar-refractivity contribution is 6.10. The first-order valence-electron chi connectivity index (χ1n) is 9.33. The fourth-order valence-electron chi connectivity index (χ4n) is 3.60. The van der Waals surface area contributed by atoms with Crippen molar-refractivity contribution in [1.29, 1.82) is 0 Å². The molecular weight excluding hydrogens is 340 g/mol. The molecule has 0 saturated heterocycles. The molecule has 3 rings (SSSR count). The topological polar surface area (TPSA) is 52.6 Å². The van der Waals surface area contributed by atoms with Crippen LogP contribution in [0.2, 0.25) is 0 Å². The van der Waals surface area contributed by atoms with Crippen LogP contribution < -0.4 is 4.74 Å². The van der Waals surface area contributed by atoms with Crippen LogP contribution in [0.15, 0.2) is 60.7 Å². The summed E-state index contributed by atoms with van der Waals surface area (Å²) in [5.74, 6) is -1.14. The smallest absolute Gasteiger partial charge is 0.317 e. The van der Waals surface area contributed by atoms with Gasteiger partial charge in [-0.1, -0.05) is 48.5 Å². The molecule has 0 bridgehead atoms. The third-order valence-electron chi connectivity index (χ3n) is 4.77. The predicted molar refractivity (Wildman–Crippen MR) is 105 cm³/mol. The van der Waals surface area contributed by atoms with Crippen LogP contribution in [-0.2, 0) is 14.3 Å². The molecule has 0 aromatic heterocycles. The van der Waals surface area contributed by atoms with Crippen LogP contribution in [0, 0.1) is 5.92 Å². The van der Waals surface area contributed by atoms with Gasteiger partial charge in [-0.15, -0.1) is 0 Å². The minimum Gasteiger partial charge on any atom is -0.494 e. The third-order valence-corrected chi connectivity index (χ3v) is 4.77. The van der Waals surface area contributed by atoms with Gasteiger partial charge in [0.1, 0.15) is 11.7 Å². The van der Waals surface area contributed by atoms with Gasteiger partial charge < -0.3 is 9.47 Å². The Bertz CT molecular complexity index is 838. The number of para-hydroxylation sites is 1. The number of ketones is 1. The maximum absolute atomic E-state index is 12.9. The van der Waals surface area contributed by atoms with Crippen molar-refractivity contribution < 1.29 is 19.1 Å². The van der Waals surface area contributed by atoms with Crippen molar-refractivity contribution >= 4 is 17.3 Å². The van der Waals surface area contributed by atoms with Crippen molar-refractivity contribution in [3.05, 3.63) is 71.8 Å². The van der Waals surface area contributed by atoms with Crippen molar-refractivity contribution in [3.63, 3.8) is 0 Å². The van der Waals surface area contributed by atoms with Gasteiger partial charge in [0.25, 0.3) is 0 Å². The molecular formula is C23H24O4. The van der Waals surface area contributed by atoms with E-state index in [0.717, 1.165) is 16.7 Å². The van der Waals surface area contributed by atoms with Crippen LogP contribution in [0.4, 0.5) is 0 Å². The first kappa shape index (κ1) is 18.9. The molecule has 0 saturated carbocycles. The molecule has 0 fully saturated rings. The Morgan fingerprint density at radius 1 is 1.00 bits per heavy atom. The average molecular weight is 364 g/mol. The molecule has 27 heavy (non-hydrogen) atoms. The number of rotatable bonds is 6. The standard InChI is InChI=1S/C23H24O4/c1-3-26-21-13-9-8-12-18(21)19-14-17(16-10-6-5-7-11-16)15-20(24)22(19)23(25)27-4-2/h5-13,15,19,22H,3-4,14H2,1-2H3. The summed E-state index contributed by atoms with van der Waals surface area (Å²) in [4.78, 5) is 25.5. The summed E-state index contributed by atoms with van der Waals surface area (Å²) in [7, 11) is 0. The second-order valence-electron chi connectivity index (χ2n) is 6.45. The summed E-state index contributed by atoms with van der Waals surface area (Å²) in [5, 5.41) is 0. The molecule has 0 aliphatic heterocycles. The van der Waals surface area contributed by atoms with E-state index in [1.54, 1.807) is 13.0 Å². The number of esters is 1. The number of hydrogen-bond acceptors (Lipinski definition) is 4. The van der Waals surface area contributed by atoms with Gasteiger partial charge in [-0.2, -0.15) is 0 Å². The Morgan fingerprint density at radius 3 is 2.41 bits per heavy atom. The molecule has 4 heteroatoms. The van der Waals surface area contributed by atoms with E-state index in [9.17, 15) is 9.59 Å². The summed E-state index contributed by atoms with van der Waals surface area (Å²) >= 11 is 0. The van der Waals surface area contributed by atoms with E-state index in [0.29, 0.717) is 18.8 Å². The first-order chi connectivity index (χ1) is 13.2. The minimum atomic E-state index is -0.848. The summed E-state index contributed by atoms with van der Waals surface area (Å²) < 4.78 is 11.0. The molecule has 1 aliphatic carbocycles. The fraction of sp³-hybridized carbons (Fsp3) is 0.304. The van der Waals surface area contributed by atoms with Crippen molar-refractivity contribution in [2.75, 3.05) is 13.2 Å². The normalized spacial score (nSPS) is 19.3. The largest absolute Gasteiger partial charge is 0.494 e. The Labute approximate surface area is 159 Å². The van der Waals surface area contributed by atoms with Gasteiger partial charge in [-0.25, -0.2) is 0 Å². The first-order valence-corrected chi connectivity index (χ1v) is 9.33. The Hall–Kier alpha value is -2.88. The van der Waals surface area contributed by atoms with Crippen LogP contribution in [0.3, 0.4) is 0 Å².